The normalized spacial score (nSPS) is 11.4. The minimum absolute atomic E-state index is 0.225. The van der Waals surface area contributed by atoms with Crippen molar-refractivity contribution in [2.24, 2.45) is 0 Å². The number of nitrogens with zero attached hydrogens (tertiary/aromatic N) is 1. The molecule has 18 heavy (non-hydrogen) atoms. The number of aldehydes is 1. The molecule has 4 nitrogen and oxygen atoms in total. The second kappa shape index (κ2) is 4.78. The highest BCUT2D eigenvalue weighted by molar-refractivity contribution is 7.90. The van der Waals surface area contributed by atoms with E-state index in [4.69, 9.17) is 0 Å². The molecule has 1 heterocycles. The van der Waals surface area contributed by atoms with Crippen LogP contribution < -0.4 is 0 Å². The summed E-state index contributed by atoms with van der Waals surface area (Å²) < 4.78 is 25.7. The zero-order valence-electron chi connectivity index (χ0n) is 9.91. The van der Waals surface area contributed by atoms with Gasteiger partial charge in [0.25, 0.3) is 0 Å². The van der Waals surface area contributed by atoms with Crippen molar-refractivity contribution in [2.45, 2.75) is 17.7 Å². The molecular formula is C13H13NO3S. The Bertz CT molecular complexity index is 654. The molecule has 2 aromatic rings. The average molecular weight is 263 g/mol. The van der Waals surface area contributed by atoms with Gasteiger partial charge in [0, 0.05) is 6.20 Å². The Balaban J connectivity index is 2.33. The Morgan fingerprint density at radius 3 is 2.44 bits per heavy atom. The molecule has 0 saturated heterocycles. The van der Waals surface area contributed by atoms with Crippen LogP contribution in [0, 0.1) is 6.92 Å². The van der Waals surface area contributed by atoms with Crippen LogP contribution in [0.25, 0.3) is 0 Å². The number of rotatable bonds is 4. The van der Waals surface area contributed by atoms with E-state index < -0.39 is 9.84 Å². The maximum atomic E-state index is 12.1. The first-order valence-corrected chi connectivity index (χ1v) is 7.08. The van der Waals surface area contributed by atoms with Crippen molar-refractivity contribution in [1.82, 2.24) is 4.57 Å². The fourth-order valence-electron chi connectivity index (χ4n) is 1.66. The Labute approximate surface area is 106 Å². The van der Waals surface area contributed by atoms with Crippen LogP contribution in [-0.4, -0.2) is 19.3 Å². The molecule has 1 aromatic heterocycles. The van der Waals surface area contributed by atoms with Gasteiger partial charge in [0.1, 0.15) is 5.88 Å². The smallest absolute Gasteiger partial charge is 0.196 e. The number of aromatic nitrogens is 1. The molecule has 0 spiro atoms. The monoisotopic (exact) mass is 263 g/mol. The minimum atomic E-state index is -3.43. The molecule has 5 heteroatoms. The van der Waals surface area contributed by atoms with Crippen molar-refractivity contribution < 1.29 is 13.2 Å². The van der Waals surface area contributed by atoms with E-state index in [0.29, 0.717) is 12.0 Å². The molecule has 0 aliphatic carbocycles. The highest BCUT2D eigenvalue weighted by Crippen LogP contribution is 2.15. The van der Waals surface area contributed by atoms with E-state index in [9.17, 15) is 13.2 Å². The molecule has 0 aliphatic rings. The van der Waals surface area contributed by atoms with E-state index in [1.165, 1.54) is 4.57 Å². The average Bonchev–Trinajstić information content (AvgIpc) is 2.76. The predicted molar refractivity (Wildman–Crippen MR) is 68.2 cm³/mol. The van der Waals surface area contributed by atoms with Crippen LogP contribution in [0.4, 0.5) is 0 Å². The van der Waals surface area contributed by atoms with Crippen molar-refractivity contribution in [3.05, 3.63) is 53.9 Å². The lowest BCUT2D eigenvalue weighted by molar-refractivity contribution is 0.111. The van der Waals surface area contributed by atoms with Crippen LogP contribution in [0.5, 0.6) is 0 Å². The van der Waals surface area contributed by atoms with Gasteiger partial charge in [0.15, 0.2) is 16.1 Å². The van der Waals surface area contributed by atoms with Crippen molar-refractivity contribution in [2.75, 3.05) is 0 Å². The molecule has 0 N–H and O–H groups in total. The summed E-state index contributed by atoms with van der Waals surface area (Å²) in [6.45, 7) is 1.90. The molecule has 0 atom stereocenters. The van der Waals surface area contributed by atoms with E-state index >= 15 is 0 Å². The lowest BCUT2D eigenvalue weighted by Gasteiger charge is -2.07. The summed E-state index contributed by atoms with van der Waals surface area (Å²) in [5.41, 5.74) is 1.36. The van der Waals surface area contributed by atoms with Crippen LogP contribution in [0.2, 0.25) is 0 Å². The summed E-state index contributed by atoms with van der Waals surface area (Å²) in [6.07, 6.45) is 2.22. The van der Waals surface area contributed by atoms with Gasteiger partial charge in [-0.25, -0.2) is 8.42 Å². The van der Waals surface area contributed by atoms with Gasteiger partial charge in [0.2, 0.25) is 0 Å². The minimum Gasteiger partial charge on any atom is -0.330 e. The Hall–Kier alpha value is -1.88. The van der Waals surface area contributed by atoms with Gasteiger partial charge in [-0.3, -0.25) is 4.79 Å². The van der Waals surface area contributed by atoms with E-state index in [2.05, 4.69) is 0 Å². The third-order valence-corrected chi connectivity index (χ3v) is 4.28. The molecule has 0 radical (unpaired) electrons. The summed E-state index contributed by atoms with van der Waals surface area (Å²) in [7, 11) is -3.43. The van der Waals surface area contributed by atoms with Gasteiger partial charge < -0.3 is 4.57 Å². The maximum absolute atomic E-state index is 12.1. The van der Waals surface area contributed by atoms with Crippen molar-refractivity contribution in [3.8, 4) is 0 Å². The molecule has 0 saturated carbocycles. The van der Waals surface area contributed by atoms with Crippen molar-refractivity contribution >= 4 is 16.1 Å². The summed E-state index contributed by atoms with van der Waals surface area (Å²) in [5.74, 6) is -0.225. The second-order valence-corrected chi connectivity index (χ2v) is 6.04. The lowest BCUT2D eigenvalue weighted by atomic mass is 10.2. The van der Waals surface area contributed by atoms with Gasteiger partial charge in [0.05, 0.1) is 10.6 Å². The third-order valence-electron chi connectivity index (χ3n) is 2.67. The standard InChI is InChI=1S/C13H13NO3S/c1-11-4-6-13(7-5-11)18(16,17)10-14-8-2-3-12(14)9-15/h2-9H,10H2,1H3. The number of sulfone groups is 1. The highest BCUT2D eigenvalue weighted by Gasteiger charge is 2.15. The van der Waals surface area contributed by atoms with Gasteiger partial charge >= 0.3 is 0 Å². The first kappa shape index (κ1) is 12.6. The summed E-state index contributed by atoms with van der Waals surface area (Å²) in [5, 5.41) is 0. The molecule has 94 valence electrons. The molecule has 0 aliphatic heterocycles. The van der Waals surface area contributed by atoms with Gasteiger partial charge in [-0.05, 0) is 31.2 Å². The number of carbonyl (C=O) groups excluding carboxylic acids is 1. The molecule has 0 bridgehead atoms. The largest absolute Gasteiger partial charge is 0.330 e. The number of hydrogen-bond donors (Lipinski definition) is 0. The number of aryl methyl sites for hydroxylation is 1. The molecule has 0 amide bonds. The summed E-state index contributed by atoms with van der Waals surface area (Å²) in [4.78, 5) is 11.0. The van der Waals surface area contributed by atoms with Crippen molar-refractivity contribution in [3.63, 3.8) is 0 Å². The molecule has 0 unspecified atom stereocenters. The highest BCUT2D eigenvalue weighted by atomic mass is 32.2. The quantitative estimate of drug-likeness (QED) is 0.793. The Morgan fingerprint density at radius 1 is 1.17 bits per heavy atom. The van der Waals surface area contributed by atoms with Crippen molar-refractivity contribution in [1.29, 1.82) is 0 Å². The molecular weight excluding hydrogens is 250 g/mol. The first-order chi connectivity index (χ1) is 8.53. The van der Waals surface area contributed by atoms with E-state index in [0.717, 1.165) is 5.56 Å². The Morgan fingerprint density at radius 2 is 1.83 bits per heavy atom. The molecule has 0 fully saturated rings. The number of hydrogen-bond acceptors (Lipinski definition) is 3. The summed E-state index contributed by atoms with van der Waals surface area (Å²) >= 11 is 0. The van der Waals surface area contributed by atoms with E-state index in [1.54, 1.807) is 42.6 Å². The number of benzene rings is 1. The fraction of sp³-hybridized carbons (Fsp3) is 0.154. The fourth-order valence-corrected chi connectivity index (χ4v) is 2.96. The van der Waals surface area contributed by atoms with E-state index in [1.807, 2.05) is 6.92 Å². The Kier molecular flexibility index (Phi) is 3.34. The molecule has 2 rings (SSSR count). The van der Waals surface area contributed by atoms with E-state index in [-0.39, 0.29) is 10.8 Å². The maximum Gasteiger partial charge on any atom is 0.196 e. The van der Waals surface area contributed by atoms with Crippen LogP contribution in [0.15, 0.2) is 47.5 Å². The predicted octanol–water partition coefficient (Wildman–Crippen LogP) is 2.04. The van der Waals surface area contributed by atoms with Gasteiger partial charge in [-0.15, -0.1) is 0 Å². The SMILES string of the molecule is Cc1ccc(S(=O)(=O)Cn2cccc2C=O)cc1. The number of carbonyl (C=O) groups is 1. The second-order valence-electron chi connectivity index (χ2n) is 4.08. The third kappa shape index (κ3) is 2.51. The lowest BCUT2D eigenvalue weighted by Crippen LogP contribution is -2.12. The van der Waals surface area contributed by atoms with Crippen LogP contribution in [0.3, 0.4) is 0 Å². The first-order valence-electron chi connectivity index (χ1n) is 5.43. The van der Waals surface area contributed by atoms with Crippen LogP contribution in [-0.2, 0) is 15.7 Å². The van der Waals surface area contributed by atoms with Crippen LogP contribution >= 0.6 is 0 Å². The summed E-state index contributed by atoms with van der Waals surface area (Å²) in [6, 6.07) is 9.89. The topological polar surface area (TPSA) is 56.1 Å². The van der Waals surface area contributed by atoms with Gasteiger partial charge in [-0.2, -0.15) is 0 Å². The van der Waals surface area contributed by atoms with Crippen LogP contribution in [0.1, 0.15) is 16.1 Å². The zero-order chi connectivity index (χ0) is 13.2. The molecule has 1 aromatic carbocycles. The van der Waals surface area contributed by atoms with Gasteiger partial charge in [-0.1, -0.05) is 17.7 Å². The zero-order valence-corrected chi connectivity index (χ0v) is 10.7.